The fraction of sp³-hybridized carbons (Fsp3) is 0.471. The Bertz CT molecular complexity index is 611. The molecule has 4 nitrogen and oxygen atoms in total. The van der Waals surface area contributed by atoms with Gasteiger partial charge in [0.1, 0.15) is 11.4 Å². The predicted molar refractivity (Wildman–Crippen MR) is 90.2 cm³/mol. The smallest absolute Gasteiger partial charge is 0.148 e. The molecule has 0 aliphatic carbocycles. The summed E-state index contributed by atoms with van der Waals surface area (Å²) in [5.74, 6) is 0.875. The van der Waals surface area contributed by atoms with Gasteiger partial charge in [-0.05, 0) is 51.7 Å². The Labute approximate surface area is 137 Å². The lowest BCUT2D eigenvalue weighted by Gasteiger charge is -2.30. The number of hydrogen-bond donors (Lipinski definition) is 0. The number of halogens is 1. The first-order chi connectivity index (χ1) is 10.4. The molecule has 1 heterocycles. The molecule has 0 bridgehead atoms. The highest BCUT2D eigenvalue weighted by atomic mass is 35.5. The van der Waals surface area contributed by atoms with E-state index >= 15 is 0 Å². The van der Waals surface area contributed by atoms with Crippen molar-refractivity contribution in [2.45, 2.75) is 18.9 Å². The maximum atomic E-state index is 6.28. The Morgan fingerprint density at radius 1 is 1.36 bits per heavy atom. The van der Waals surface area contributed by atoms with E-state index in [9.17, 15) is 0 Å². The zero-order valence-corrected chi connectivity index (χ0v) is 14.5. The average Bonchev–Trinajstić information content (AvgIpc) is 2.90. The summed E-state index contributed by atoms with van der Waals surface area (Å²) in [6.07, 6.45) is 4.69. The number of hydrogen-bond acceptors (Lipinski definition) is 3. The van der Waals surface area contributed by atoms with Crippen molar-refractivity contribution in [3.8, 4) is 0 Å². The quantitative estimate of drug-likeness (QED) is 0.733. The van der Waals surface area contributed by atoms with Gasteiger partial charge in [0.15, 0.2) is 0 Å². The highest BCUT2D eigenvalue weighted by Gasteiger charge is 2.34. The number of ether oxygens (including phenoxy) is 1. The molecule has 22 heavy (non-hydrogen) atoms. The molecule has 120 valence electrons. The first kappa shape index (κ1) is 17.0. The number of benzene rings is 1. The monoisotopic (exact) mass is 321 g/mol. The Morgan fingerprint density at radius 3 is 2.73 bits per heavy atom. The van der Waals surface area contributed by atoms with Crippen molar-refractivity contribution in [3.63, 3.8) is 0 Å². The minimum absolute atomic E-state index is 0.616. The minimum atomic E-state index is -0.616. The first-order valence-electron chi connectivity index (χ1n) is 7.46. The third kappa shape index (κ3) is 3.88. The molecule has 1 unspecified atom stereocenters. The Morgan fingerprint density at radius 2 is 2.14 bits per heavy atom. The van der Waals surface area contributed by atoms with E-state index < -0.39 is 5.60 Å². The summed E-state index contributed by atoms with van der Waals surface area (Å²) in [5.41, 5.74) is 0.397. The average molecular weight is 322 g/mol. The van der Waals surface area contributed by atoms with E-state index in [1.165, 1.54) is 0 Å². The lowest BCUT2D eigenvalue weighted by molar-refractivity contribution is -0.0152. The second kappa shape index (κ2) is 7.27. The van der Waals surface area contributed by atoms with Crippen LogP contribution in [0.4, 0.5) is 0 Å². The van der Waals surface area contributed by atoms with Crippen LogP contribution in [0.2, 0.25) is 5.02 Å². The Kier molecular flexibility index (Phi) is 5.62. The second-order valence-electron chi connectivity index (χ2n) is 5.91. The van der Waals surface area contributed by atoms with Crippen LogP contribution < -0.4 is 0 Å². The van der Waals surface area contributed by atoms with Crippen LogP contribution in [0.1, 0.15) is 24.7 Å². The lowest BCUT2D eigenvalue weighted by atomic mass is 9.94. The van der Waals surface area contributed by atoms with Crippen molar-refractivity contribution < 1.29 is 4.74 Å². The van der Waals surface area contributed by atoms with Crippen LogP contribution in [0, 0.1) is 0 Å². The van der Waals surface area contributed by atoms with E-state index in [0.717, 1.165) is 24.4 Å². The van der Waals surface area contributed by atoms with E-state index in [4.69, 9.17) is 16.3 Å². The van der Waals surface area contributed by atoms with Crippen LogP contribution in [0.3, 0.4) is 0 Å². The molecular formula is C17H24ClN3O. The zero-order valence-electron chi connectivity index (χ0n) is 13.7. The third-order valence-corrected chi connectivity index (χ3v) is 4.00. The SMILES string of the molecule is CN(C)CCCOC(C)(c1cccc(Cl)c1)c1nccn1C. The van der Waals surface area contributed by atoms with Gasteiger partial charge < -0.3 is 14.2 Å². The normalized spacial score (nSPS) is 14.3. The van der Waals surface area contributed by atoms with Crippen LogP contribution in [-0.2, 0) is 17.4 Å². The van der Waals surface area contributed by atoms with E-state index in [-0.39, 0.29) is 0 Å². The molecule has 2 rings (SSSR count). The van der Waals surface area contributed by atoms with Gasteiger partial charge in [-0.3, -0.25) is 0 Å². The van der Waals surface area contributed by atoms with Crippen molar-refractivity contribution in [1.82, 2.24) is 14.5 Å². The molecule has 0 radical (unpaired) electrons. The lowest BCUT2D eigenvalue weighted by Crippen LogP contribution is -2.32. The molecule has 0 amide bonds. The molecule has 2 aromatic rings. The summed E-state index contributed by atoms with van der Waals surface area (Å²) >= 11 is 6.17. The molecule has 5 heteroatoms. The van der Waals surface area contributed by atoms with Gasteiger partial charge in [-0.25, -0.2) is 4.98 Å². The van der Waals surface area contributed by atoms with Gasteiger partial charge >= 0.3 is 0 Å². The van der Waals surface area contributed by atoms with Crippen LogP contribution in [-0.4, -0.2) is 41.7 Å². The summed E-state index contributed by atoms with van der Waals surface area (Å²) in [6, 6.07) is 7.80. The summed E-state index contributed by atoms with van der Waals surface area (Å²) < 4.78 is 8.27. The van der Waals surface area contributed by atoms with Crippen LogP contribution in [0.5, 0.6) is 0 Å². The van der Waals surface area contributed by atoms with E-state index in [0.29, 0.717) is 11.6 Å². The fourth-order valence-corrected chi connectivity index (χ4v) is 2.73. The number of aryl methyl sites for hydroxylation is 1. The molecule has 0 saturated heterocycles. The zero-order chi connectivity index (χ0) is 16.2. The van der Waals surface area contributed by atoms with Crippen molar-refractivity contribution in [2.24, 2.45) is 7.05 Å². The summed E-state index contributed by atoms with van der Waals surface area (Å²) in [5, 5.41) is 0.704. The maximum Gasteiger partial charge on any atom is 0.148 e. The number of aromatic nitrogens is 2. The van der Waals surface area contributed by atoms with Gasteiger partial charge in [0, 0.05) is 31.1 Å². The predicted octanol–water partition coefficient (Wildman–Crippen LogP) is 3.31. The largest absolute Gasteiger partial charge is 0.363 e. The first-order valence-corrected chi connectivity index (χ1v) is 7.84. The van der Waals surface area contributed by atoms with Gasteiger partial charge in [-0.1, -0.05) is 23.7 Å². The van der Waals surface area contributed by atoms with Gasteiger partial charge in [-0.2, -0.15) is 0 Å². The second-order valence-corrected chi connectivity index (χ2v) is 6.35. The molecule has 0 fully saturated rings. The van der Waals surface area contributed by atoms with Crippen molar-refractivity contribution in [1.29, 1.82) is 0 Å². The van der Waals surface area contributed by atoms with Gasteiger partial charge in [0.25, 0.3) is 0 Å². The van der Waals surface area contributed by atoms with E-state index in [1.54, 1.807) is 6.20 Å². The molecule has 0 aliphatic heterocycles. The van der Waals surface area contributed by atoms with Crippen molar-refractivity contribution >= 4 is 11.6 Å². The summed E-state index contributed by atoms with van der Waals surface area (Å²) in [7, 11) is 6.11. The fourth-order valence-electron chi connectivity index (χ4n) is 2.54. The standard InChI is InChI=1S/C17H24ClN3O/c1-17(16-19-9-11-21(16)4,22-12-6-10-20(2)3)14-7-5-8-15(18)13-14/h5,7-9,11,13H,6,10,12H2,1-4H3. The number of nitrogens with zero attached hydrogens (tertiary/aromatic N) is 3. The van der Waals surface area contributed by atoms with E-state index in [2.05, 4.69) is 30.9 Å². The summed E-state index contributed by atoms with van der Waals surface area (Å²) in [4.78, 5) is 6.65. The number of rotatable bonds is 7. The molecule has 0 spiro atoms. The van der Waals surface area contributed by atoms with Crippen LogP contribution in [0.25, 0.3) is 0 Å². The third-order valence-electron chi connectivity index (χ3n) is 3.76. The Hall–Kier alpha value is -1.36. The van der Waals surface area contributed by atoms with E-state index in [1.807, 2.05) is 42.1 Å². The van der Waals surface area contributed by atoms with Crippen LogP contribution in [0.15, 0.2) is 36.7 Å². The molecule has 0 saturated carbocycles. The molecule has 1 aromatic carbocycles. The van der Waals surface area contributed by atoms with Crippen LogP contribution >= 0.6 is 11.6 Å². The number of imidazole rings is 1. The van der Waals surface area contributed by atoms with Gasteiger partial charge in [0.2, 0.25) is 0 Å². The molecular weight excluding hydrogens is 298 g/mol. The maximum absolute atomic E-state index is 6.28. The minimum Gasteiger partial charge on any atom is -0.363 e. The van der Waals surface area contributed by atoms with Gasteiger partial charge in [0.05, 0.1) is 0 Å². The molecule has 0 N–H and O–H groups in total. The topological polar surface area (TPSA) is 30.3 Å². The van der Waals surface area contributed by atoms with Crippen molar-refractivity contribution in [2.75, 3.05) is 27.2 Å². The van der Waals surface area contributed by atoms with Gasteiger partial charge in [-0.15, -0.1) is 0 Å². The van der Waals surface area contributed by atoms with Crippen molar-refractivity contribution in [3.05, 3.63) is 53.1 Å². The molecule has 1 atom stereocenters. The molecule has 1 aromatic heterocycles. The highest BCUT2D eigenvalue weighted by molar-refractivity contribution is 6.30. The summed E-state index contributed by atoms with van der Waals surface area (Å²) in [6.45, 7) is 3.71. The highest BCUT2D eigenvalue weighted by Crippen LogP contribution is 2.33. The molecule has 0 aliphatic rings. The Balaban J connectivity index is 2.27.